The third-order valence-corrected chi connectivity index (χ3v) is 4.93. The summed E-state index contributed by atoms with van der Waals surface area (Å²) in [5.41, 5.74) is 4.19. The largest absolute Gasteiger partial charge is 0.341 e. The molecule has 0 amide bonds. The van der Waals surface area contributed by atoms with Crippen molar-refractivity contribution < 1.29 is 9.18 Å². The maximum absolute atomic E-state index is 14.0. The summed E-state index contributed by atoms with van der Waals surface area (Å²) in [6, 6.07) is 19.1. The second kappa shape index (κ2) is 6.84. The number of rotatable bonds is 4. The maximum atomic E-state index is 14.0. The maximum Gasteiger partial charge on any atom is 0.188 e. The van der Waals surface area contributed by atoms with Gasteiger partial charge in [-0.25, -0.2) is 4.39 Å². The highest BCUT2D eigenvalue weighted by Crippen LogP contribution is 2.30. The molecule has 1 heterocycles. The van der Waals surface area contributed by atoms with Gasteiger partial charge in [0.2, 0.25) is 0 Å². The molecule has 0 N–H and O–H groups in total. The van der Waals surface area contributed by atoms with Gasteiger partial charge in [0.15, 0.2) is 5.78 Å². The van der Waals surface area contributed by atoms with Gasteiger partial charge in [-0.15, -0.1) is 0 Å². The Bertz CT molecular complexity index is 1200. The van der Waals surface area contributed by atoms with Crippen molar-refractivity contribution in [1.82, 2.24) is 4.57 Å². The van der Waals surface area contributed by atoms with Gasteiger partial charge in [0, 0.05) is 28.4 Å². The number of nitrogens with zero attached hydrogens (tertiary/aromatic N) is 1. The Balaban J connectivity index is 1.73. The number of carbonyl (C=O) groups excluding carboxylic acids is 1. The minimum atomic E-state index is -0.480. The smallest absolute Gasteiger partial charge is 0.188 e. The van der Waals surface area contributed by atoms with E-state index in [2.05, 4.69) is 35.8 Å². The number of ketones is 1. The van der Waals surface area contributed by atoms with Gasteiger partial charge in [-0.05, 0) is 61.4 Å². The van der Waals surface area contributed by atoms with Gasteiger partial charge >= 0.3 is 0 Å². The van der Waals surface area contributed by atoms with E-state index in [0.717, 1.165) is 23.1 Å². The second-order valence-electron chi connectivity index (χ2n) is 6.72. The fourth-order valence-electron chi connectivity index (χ4n) is 3.60. The van der Waals surface area contributed by atoms with Gasteiger partial charge < -0.3 is 4.57 Å². The first-order valence-corrected chi connectivity index (χ1v) is 9.08. The lowest BCUT2D eigenvalue weighted by atomic mass is 10.1. The molecule has 0 aliphatic carbocycles. The molecule has 0 fully saturated rings. The van der Waals surface area contributed by atoms with Crippen LogP contribution in [0.4, 0.5) is 4.39 Å². The lowest BCUT2D eigenvalue weighted by Crippen LogP contribution is -1.98. The van der Waals surface area contributed by atoms with E-state index in [4.69, 9.17) is 0 Å². The molecule has 0 saturated carbocycles. The molecule has 0 atom stereocenters. The Kier molecular flexibility index (Phi) is 4.36. The Morgan fingerprint density at radius 3 is 2.56 bits per heavy atom. The van der Waals surface area contributed by atoms with Gasteiger partial charge in [0.1, 0.15) is 5.82 Å². The number of hydrogen-bond donors (Lipinski definition) is 0. The number of para-hydroxylation sites is 1. The topological polar surface area (TPSA) is 22.0 Å². The molecule has 2 nitrogen and oxygen atoms in total. The zero-order valence-corrected chi connectivity index (χ0v) is 15.4. The molecule has 0 bridgehead atoms. The molecule has 0 aliphatic rings. The Hall–Kier alpha value is -3.20. The lowest BCUT2D eigenvalue weighted by Gasteiger charge is -2.03. The highest BCUT2D eigenvalue weighted by molar-refractivity contribution is 6.10. The van der Waals surface area contributed by atoms with E-state index >= 15 is 0 Å². The first kappa shape index (κ1) is 17.2. The van der Waals surface area contributed by atoms with Crippen LogP contribution >= 0.6 is 0 Å². The molecule has 4 rings (SSSR count). The molecule has 0 radical (unpaired) electrons. The van der Waals surface area contributed by atoms with Gasteiger partial charge in [0.25, 0.3) is 0 Å². The molecule has 4 aromatic rings. The number of aromatic nitrogens is 1. The van der Waals surface area contributed by atoms with Crippen molar-refractivity contribution in [2.75, 3.05) is 0 Å². The van der Waals surface area contributed by atoms with E-state index in [9.17, 15) is 9.18 Å². The average molecular weight is 357 g/mol. The summed E-state index contributed by atoms with van der Waals surface area (Å²) in [7, 11) is 0. The molecule has 0 saturated heterocycles. The Morgan fingerprint density at radius 1 is 1.00 bits per heavy atom. The van der Waals surface area contributed by atoms with Crippen LogP contribution in [0.2, 0.25) is 0 Å². The fraction of sp³-hybridized carbons (Fsp3) is 0.125. The zero-order chi connectivity index (χ0) is 19.0. The van der Waals surface area contributed by atoms with Crippen LogP contribution in [0.3, 0.4) is 0 Å². The third-order valence-electron chi connectivity index (χ3n) is 4.93. The van der Waals surface area contributed by atoms with Crippen molar-refractivity contribution in [3.8, 4) is 0 Å². The van der Waals surface area contributed by atoms with Crippen molar-refractivity contribution >= 4 is 33.7 Å². The first-order valence-electron chi connectivity index (χ1n) is 9.08. The molecule has 134 valence electrons. The van der Waals surface area contributed by atoms with Crippen LogP contribution in [0, 0.1) is 12.7 Å². The number of hydrogen-bond acceptors (Lipinski definition) is 1. The van der Waals surface area contributed by atoms with Crippen LogP contribution in [-0.2, 0) is 6.54 Å². The minimum Gasteiger partial charge on any atom is -0.341 e. The summed E-state index contributed by atoms with van der Waals surface area (Å²) in [6.45, 7) is 4.83. The van der Waals surface area contributed by atoms with Crippen LogP contribution in [0.5, 0.6) is 0 Å². The normalized spacial score (nSPS) is 11.7. The summed E-state index contributed by atoms with van der Waals surface area (Å²) in [6.07, 6.45) is 3.19. The number of halogens is 1. The van der Waals surface area contributed by atoms with Crippen molar-refractivity contribution in [3.05, 3.63) is 89.2 Å². The standard InChI is InChI=1S/C24H20FNO/c1-3-26-22-7-5-4-6-18(22)20-15-17(9-12-23(20)26)10-13-24(27)19-11-8-16(2)14-21(19)25/h4-15H,3H2,1-2H3/b13-10+. The van der Waals surface area contributed by atoms with E-state index in [0.29, 0.717) is 0 Å². The highest BCUT2D eigenvalue weighted by atomic mass is 19.1. The summed E-state index contributed by atoms with van der Waals surface area (Å²) in [5.74, 6) is -0.810. The highest BCUT2D eigenvalue weighted by Gasteiger charge is 2.10. The van der Waals surface area contributed by atoms with E-state index in [1.54, 1.807) is 19.1 Å². The van der Waals surface area contributed by atoms with Gasteiger partial charge in [-0.2, -0.15) is 0 Å². The summed E-state index contributed by atoms with van der Waals surface area (Å²) in [5, 5.41) is 2.35. The summed E-state index contributed by atoms with van der Waals surface area (Å²) < 4.78 is 16.3. The van der Waals surface area contributed by atoms with Gasteiger partial charge in [-0.1, -0.05) is 36.4 Å². The van der Waals surface area contributed by atoms with Crippen LogP contribution in [0.15, 0.2) is 66.7 Å². The Labute approximate surface area is 157 Å². The van der Waals surface area contributed by atoms with Crippen LogP contribution in [0.25, 0.3) is 27.9 Å². The molecule has 0 aliphatic heterocycles. The van der Waals surface area contributed by atoms with Gasteiger partial charge in [0.05, 0.1) is 5.56 Å². The molecule has 0 unspecified atom stereocenters. The first-order chi connectivity index (χ1) is 13.1. The number of allylic oxidation sites excluding steroid dienone is 1. The molecular formula is C24H20FNO. The predicted octanol–water partition coefficient (Wildman–Crippen LogP) is 6.16. The molecule has 3 aromatic carbocycles. The summed E-state index contributed by atoms with van der Waals surface area (Å²) >= 11 is 0. The molecule has 0 spiro atoms. The van der Waals surface area contributed by atoms with Crippen LogP contribution < -0.4 is 0 Å². The molecular weight excluding hydrogens is 337 g/mol. The van der Waals surface area contributed by atoms with Crippen LogP contribution in [0.1, 0.15) is 28.4 Å². The summed E-state index contributed by atoms with van der Waals surface area (Å²) in [4.78, 5) is 12.3. The minimum absolute atomic E-state index is 0.0977. The number of benzene rings is 3. The third kappa shape index (κ3) is 3.06. The van der Waals surface area contributed by atoms with Gasteiger partial charge in [-0.3, -0.25) is 4.79 Å². The Morgan fingerprint density at radius 2 is 1.78 bits per heavy atom. The van der Waals surface area contributed by atoms with E-state index in [1.807, 2.05) is 18.2 Å². The second-order valence-corrected chi connectivity index (χ2v) is 6.72. The quantitative estimate of drug-likeness (QED) is 0.317. The van der Waals surface area contributed by atoms with E-state index in [-0.39, 0.29) is 11.3 Å². The van der Waals surface area contributed by atoms with E-state index in [1.165, 1.54) is 34.6 Å². The molecule has 3 heteroatoms. The number of carbonyl (C=O) groups is 1. The van der Waals surface area contributed by atoms with Crippen molar-refractivity contribution in [1.29, 1.82) is 0 Å². The molecule has 27 heavy (non-hydrogen) atoms. The van der Waals surface area contributed by atoms with Crippen molar-refractivity contribution in [2.45, 2.75) is 20.4 Å². The fourth-order valence-corrected chi connectivity index (χ4v) is 3.60. The van der Waals surface area contributed by atoms with Crippen molar-refractivity contribution in [2.24, 2.45) is 0 Å². The van der Waals surface area contributed by atoms with E-state index < -0.39 is 5.82 Å². The predicted molar refractivity (Wildman–Crippen MR) is 110 cm³/mol. The average Bonchev–Trinajstić information content (AvgIpc) is 2.99. The SMILES string of the molecule is CCn1c2ccccc2c2cc(/C=C/C(=O)c3ccc(C)cc3F)ccc21. The van der Waals surface area contributed by atoms with Crippen LogP contribution in [-0.4, -0.2) is 10.4 Å². The number of fused-ring (bicyclic) bond motifs is 3. The number of aryl methyl sites for hydroxylation is 2. The zero-order valence-electron chi connectivity index (χ0n) is 15.4. The lowest BCUT2D eigenvalue weighted by molar-refractivity contribution is 0.104. The monoisotopic (exact) mass is 357 g/mol. The molecule has 1 aromatic heterocycles. The van der Waals surface area contributed by atoms with Crippen molar-refractivity contribution in [3.63, 3.8) is 0 Å².